The lowest BCUT2D eigenvalue weighted by Gasteiger charge is -2.35. The standard InChI is InChI=1S/C24H28ClF2N5O4S/c25-21-10-16(24(26,27)20-9-15(20)14-33)11-22(29-21)30-5-7-31(8-6-30)37(35,36)19-3-1-18(2-4-19)32-13-17(28)12-23(32)34/h1-4,10-11,15,17,20,33H,5-9,12-14,28H2/t15?,17-,20?/m1/s1. The quantitative estimate of drug-likeness (QED) is 0.502. The van der Waals surface area contributed by atoms with E-state index in [4.69, 9.17) is 17.3 Å². The number of halogens is 3. The lowest BCUT2D eigenvalue weighted by molar-refractivity contribution is -0.117. The summed E-state index contributed by atoms with van der Waals surface area (Å²) in [6.07, 6.45) is 0.507. The zero-order chi connectivity index (χ0) is 26.5. The van der Waals surface area contributed by atoms with Gasteiger partial charge in [-0.25, -0.2) is 22.2 Å². The van der Waals surface area contributed by atoms with Crippen molar-refractivity contribution in [2.24, 2.45) is 17.6 Å². The van der Waals surface area contributed by atoms with Gasteiger partial charge >= 0.3 is 0 Å². The molecule has 3 N–H and O–H groups in total. The minimum absolute atomic E-state index is 0.0686. The van der Waals surface area contributed by atoms with Gasteiger partial charge < -0.3 is 20.6 Å². The van der Waals surface area contributed by atoms with Crippen molar-refractivity contribution in [1.82, 2.24) is 9.29 Å². The summed E-state index contributed by atoms with van der Waals surface area (Å²) in [5, 5.41) is 9.13. The number of anilines is 2. The third-order valence-corrected chi connectivity index (χ3v) is 9.40. The van der Waals surface area contributed by atoms with E-state index in [1.54, 1.807) is 21.9 Å². The Kier molecular flexibility index (Phi) is 6.90. The number of rotatable bonds is 7. The maximum absolute atomic E-state index is 14.9. The number of aliphatic hydroxyl groups is 1. The van der Waals surface area contributed by atoms with E-state index >= 15 is 0 Å². The molecule has 2 aliphatic heterocycles. The summed E-state index contributed by atoms with van der Waals surface area (Å²) >= 11 is 6.07. The average molecular weight is 556 g/mol. The molecule has 1 aromatic heterocycles. The van der Waals surface area contributed by atoms with Crippen LogP contribution in [0.2, 0.25) is 5.15 Å². The maximum Gasteiger partial charge on any atom is 0.276 e. The minimum Gasteiger partial charge on any atom is -0.396 e. The highest BCUT2D eigenvalue weighted by atomic mass is 35.5. The Hall–Kier alpha value is -2.38. The van der Waals surface area contributed by atoms with Gasteiger partial charge in [0, 0.05) is 69.0 Å². The Balaban J connectivity index is 1.26. The van der Waals surface area contributed by atoms with Gasteiger partial charge in [0.15, 0.2) is 0 Å². The number of carbonyl (C=O) groups is 1. The van der Waals surface area contributed by atoms with E-state index in [9.17, 15) is 27.1 Å². The van der Waals surface area contributed by atoms with E-state index in [0.29, 0.717) is 12.2 Å². The molecule has 0 bridgehead atoms. The van der Waals surface area contributed by atoms with Crippen LogP contribution in [0, 0.1) is 11.8 Å². The molecule has 1 aliphatic carbocycles. The molecule has 1 aromatic carbocycles. The Morgan fingerprint density at radius 3 is 2.38 bits per heavy atom. The molecular formula is C24H28ClF2N5O4S. The van der Waals surface area contributed by atoms with E-state index in [1.165, 1.54) is 22.5 Å². The topological polar surface area (TPSA) is 120 Å². The van der Waals surface area contributed by atoms with E-state index in [0.717, 1.165) is 6.07 Å². The number of aromatic nitrogens is 1. The number of hydrogen-bond acceptors (Lipinski definition) is 7. The largest absolute Gasteiger partial charge is 0.396 e. The van der Waals surface area contributed by atoms with Crippen LogP contribution in [0.4, 0.5) is 20.3 Å². The summed E-state index contributed by atoms with van der Waals surface area (Å²) < 4.78 is 57.7. The van der Waals surface area contributed by atoms with E-state index < -0.39 is 27.8 Å². The van der Waals surface area contributed by atoms with Crippen LogP contribution in [-0.2, 0) is 20.7 Å². The number of sulfonamides is 1. The van der Waals surface area contributed by atoms with Crippen LogP contribution in [0.3, 0.4) is 0 Å². The predicted molar refractivity (Wildman–Crippen MR) is 134 cm³/mol. The predicted octanol–water partition coefficient (Wildman–Crippen LogP) is 2.03. The molecule has 2 aromatic rings. The first kappa shape index (κ1) is 26.2. The Morgan fingerprint density at radius 1 is 1.14 bits per heavy atom. The van der Waals surface area contributed by atoms with Crippen molar-refractivity contribution in [1.29, 1.82) is 0 Å². The lowest BCUT2D eigenvalue weighted by atomic mass is 10.0. The molecule has 2 unspecified atom stereocenters. The first-order valence-corrected chi connectivity index (χ1v) is 13.9. The molecule has 3 fully saturated rings. The third kappa shape index (κ3) is 5.05. The van der Waals surface area contributed by atoms with Gasteiger partial charge in [0.2, 0.25) is 15.9 Å². The van der Waals surface area contributed by atoms with Crippen molar-refractivity contribution in [3.05, 3.63) is 47.1 Å². The van der Waals surface area contributed by atoms with E-state index in [2.05, 4.69) is 4.98 Å². The number of pyridine rings is 1. The number of alkyl halides is 2. The summed E-state index contributed by atoms with van der Waals surface area (Å²) in [5.41, 5.74) is 6.18. The number of amides is 1. The molecule has 3 heterocycles. The molecule has 13 heteroatoms. The molecule has 9 nitrogen and oxygen atoms in total. The highest BCUT2D eigenvalue weighted by molar-refractivity contribution is 7.89. The Labute approximate surface area is 218 Å². The first-order valence-electron chi connectivity index (χ1n) is 12.1. The van der Waals surface area contributed by atoms with Crippen molar-refractivity contribution in [2.75, 3.05) is 49.1 Å². The van der Waals surface area contributed by atoms with Crippen LogP contribution < -0.4 is 15.5 Å². The summed E-state index contributed by atoms with van der Waals surface area (Å²) in [6, 6.07) is 8.33. The molecule has 37 heavy (non-hydrogen) atoms. The first-order chi connectivity index (χ1) is 17.5. The molecule has 1 amide bonds. The maximum atomic E-state index is 14.9. The molecule has 0 spiro atoms. The number of piperazine rings is 1. The summed E-state index contributed by atoms with van der Waals surface area (Å²) in [5.74, 6) is -4.34. The summed E-state index contributed by atoms with van der Waals surface area (Å²) in [7, 11) is -3.80. The molecule has 3 atom stereocenters. The molecule has 1 saturated carbocycles. The molecule has 2 saturated heterocycles. The summed E-state index contributed by atoms with van der Waals surface area (Å²) in [4.78, 5) is 19.6. The number of hydrogen-bond donors (Lipinski definition) is 2. The number of carbonyl (C=O) groups excluding carboxylic acids is 1. The minimum atomic E-state index is -3.80. The Bertz CT molecular complexity index is 1290. The highest BCUT2D eigenvalue weighted by Gasteiger charge is 2.55. The molecular weight excluding hydrogens is 528 g/mol. The number of aliphatic hydroxyl groups excluding tert-OH is 1. The van der Waals surface area contributed by atoms with Gasteiger partial charge in [0.05, 0.1) is 4.90 Å². The Morgan fingerprint density at radius 2 is 1.81 bits per heavy atom. The third-order valence-electron chi connectivity index (χ3n) is 7.29. The van der Waals surface area contributed by atoms with Gasteiger partial charge in [-0.2, -0.15) is 4.31 Å². The van der Waals surface area contributed by atoms with Crippen LogP contribution in [0.5, 0.6) is 0 Å². The van der Waals surface area contributed by atoms with Gasteiger partial charge in [-0.1, -0.05) is 11.6 Å². The smallest absolute Gasteiger partial charge is 0.276 e. The SMILES string of the molecule is N[C@@H]1CC(=O)N(c2ccc(S(=O)(=O)N3CCN(c4cc(C(F)(F)C5CC5CO)cc(Cl)n4)CC3)cc2)C1. The normalized spacial score (nSPS) is 25.1. The summed E-state index contributed by atoms with van der Waals surface area (Å²) in [6.45, 7) is 0.880. The number of nitrogens with two attached hydrogens (primary N) is 1. The zero-order valence-corrected chi connectivity index (χ0v) is 21.5. The van der Waals surface area contributed by atoms with Crippen LogP contribution in [0.15, 0.2) is 41.3 Å². The molecule has 3 aliphatic rings. The fraction of sp³-hybridized carbons (Fsp3) is 0.500. The zero-order valence-electron chi connectivity index (χ0n) is 19.9. The van der Waals surface area contributed by atoms with Crippen LogP contribution in [-0.4, -0.2) is 74.1 Å². The van der Waals surface area contributed by atoms with Gasteiger partial charge in [-0.15, -0.1) is 0 Å². The van der Waals surface area contributed by atoms with Crippen LogP contribution >= 0.6 is 11.6 Å². The average Bonchev–Trinajstić information content (AvgIpc) is 3.61. The fourth-order valence-corrected chi connectivity index (χ4v) is 6.66. The second-order valence-corrected chi connectivity index (χ2v) is 12.1. The van der Waals surface area contributed by atoms with Crippen molar-refractivity contribution >= 4 is 39.0 Å². The number of nitrogens with zero attached hydrogens (tertiary/aromatic N) is 4. The number of benzene rings is 1. The second kappa shape index (κ2) is 9.73. The van der Waals surface area contributed by atoms with E-state index in [-0.39, 0.29) is 79.0 Å². The van der Waals surface area contributed by atoms with E-state index in [1.807, 2.05) is 0 Å². The molecule has 5 rings (SSSR count). The van der Waals surface area contributed by atoms with Crippen LogP contribution in [0.1, 0.15) is 18.4 Å². The van der Waals surface area contributed by atoms with Gasteiger partial charge in [0.25, 0.3) is 5.92 Å². The van der Waals surface area contributed by atoms with Crippen molar-refractivity contribution in [3.63, 3.8) is 0 Å². The van der Waals surface area contributed by atoms with Crippen molar-refractivity contribution in [3.8, 4) is 0 Å². The van der Waals surface area contributed by atoms with Gasteiger partial charge in [0.1, 0.15) is 11.0 Å². The fourth-order valence-electron chi connectivity index (χ4n) is 5.03. The highest BCUT2D eigenvalue weighted by Crippen LogP contribution is 2.54. The van der Waals surface area contributed by atoms with Gasteiger partial charge in [-0.05, 0) is 48.7 Å². The van der Waals surface area contributed by atoms with Crippen molar-refractivity contribution in [2.45, 2.75) is 29.7 Å². The van der Waals surface area contributed by atoms with Gasteiger partial charge in [-0.3, -0.25) is 4.79 Å². The monoisotopic (exact) mass is 555 g/mol. The molecule has 0 radical (unpaired) electrons. The molecule has 200 valence electrons. The van der Waals surface area contributed by atoms with Crippen LogP contribution in [0.25, 0.3) is 0 Å². The second-order valence-electron chi connectivity index (χ2n) is 9.80. The van der Waals surface area contributed by atoms with Crippen molar-refractivity contribution < 1.29 is 27.1 Å². The lowest BCUT2D eigenvalue weighted by Crippen LogP contribution is -2.49.